The highest BCUT2D eigenvalue weighted by Crippen LogP contribution is 2.37. The first kappa shape index (κ1) is 25.7. The predicted molar refractivity (Wildman–Crippen MR) is 103 cm³/mol. The topological polar surface area (TPSA) is 75.7 Å². The van der Waals surface area contributed by atoms with E-state index in [0.29, 0.717) is 16.4 Å². The molecule has 0 heterocycles. The lowest BCUT2D eigenvalue weighted by molar-refractivity contribution is -0.143. The Bertz CT molecular complexity index is 1090. The lowest BCUT2D eigenvalue weighted by Gasteiger charge is -2.19. The van der Waals surface area contributed by atoms with Crippen LogP contribution in [0, 0.1) is 0 Å². The van der Waals surface area contributed by atoms with Gasteiger partial charge in [-0.1, -0.05) is 11.6 Å². The average Bonchev–Trinajstić information content (AvgIpc) is 2.66. The number of alkyl halides is 6. The summed E-state index contributed by atoms with van der Waals surface area (Å²) < 4.78 is 109. The molecule has 0 aliphatic carbocycles. The number of hydrogen-bond donors (Lipinski definition) is 1. The zero-order chi connectivity index (χ0) is 24.5. The van der Waals surface area contributed by atoms with Crippen LogP contribution in [0.4, 0.5) is 32.0 Å². The Balaban J connectivity index is 2.30. The van der Waals surface area contributed by atoms with Gasteiger partial charge in [-0.2, -0.15) is 30.6 Å². The molecule has 2 aromatic carbocycles. The number of halogens is 7. The van der Waals surface area contributed by atoms with Gasteiger partial charge < -0.3 is 10.1 Å². The van der Waals surface area contributed by atoms with Gasteiger partial charge >= 0.3 is 12.4 Å². The Morgan fingerprint density at radius 3 is 2.03 bits per heavy atom. The number of benzene rings is 2. The van der Waals surface area contributed by atoms with E-state index >= 15 is 0 Å². The number of amides is 1. The maximum Gasteiger partial charge on any atom is 0.416 e. The molecule has 2 aromatic rings. The van der Waals surface area contributed by atoms with Gasteiger partial charge in [0, 0.05) is 17.8 Å². The van der Waals surface area contributed by atoms with Gasteiger partial charge in [0.2, 0.25) is 15.9 Å². The molecule has 0 aromatic heterocycles. The third kappa shape index (κ3) is 6.04. The molecule has 14 heteroatoms. The molecule has 0 saturated heterocycles. The van der Waals surface area contributed by atoms with Gasteiger partial charge in [-0.15, -0.1) is 0 Å². The van der Waals surface area contributed by atoms with Crippen molar-refractivity contribution in [1.29, 1.82) is 0 Å². The van der Waals surface area contributed by atoms with Gasteiger partial charge in [0.15, 0.2) is 0 Å². The Labute approximate surface area is 183 Å². The van der Waals surface area contributed by atoms with Crippen LogP contribution < -0.4 is 10.1 Å². The van der Waals surface area contributed by atoms with E-state index < -0.39 is 51.6 Å². The number of carbonyl (C=O) groups excluding carboxylic acids is 1. The first-order chi connectivity index (χ1) is 14.6. The van der Waals surface area contributed by atoms with Crippen LogP contribution in [0.5, 0.6) is 5.75 Å². The van der Waals surface area contributed by atoms with Crippen molar-refractivity contribution < 1.29 is 44.3 Å². The third-order valence-electron chi connectivity index (χ3n) is 4.05. The summed E-state index contributed by atoms with van der Waals surface area (Å²) in [5.41, 5.74) is -4.07. The smallest absolute Gasteiger partial charge is 0.416 e. The molecule has 0 bridgehead atoms. The van der Waals surface area contributed by atoms with E-state index in [9.17, 15) is 39.6 Å². The van der Waals surface area contributed by atoms with Gasteiger partial charge in [-0.3, -0.25) is 4.79 Å². The summed E-state index contributed by atoms with van der Waals surface area (Å²) in [5.74, 6) is -1.26. The number of likely N-dealkylation sites (N-methyl/N-ethyl adjacent to an activating group) is 1. The molecular weight excluding hydrogens is 490 g/mol. The number of rotatable bonds is 6. The molecule has 0 aliphatic rings. The quantitative estimate of drug-likeness (QED) is 0.581. The van der Waals surface area contributed by atoms with Crippen molar-refractivity contribution in [3.05, 3.63) is 52.5 Å². The second-order valence-corrected chi connectivity index (χ2v) is 8.85. The summed E-state index contributed by atoms with van der Waals surface area (Å²) in [4.78, 5) is 11.8. The van der Waals surface area contributed by atoms with Gasteiger partial charge in [0.25, 0.3) is 0 Å². The van der Waals surface area contributed by atoms with Crippen LogP contribution in [0.3, 0.4) is 0 Å². The summed E-state index contributed by atoms with van der Waals surface area (Å²) in [7, 11) is -2.17. The Morgan fingerprint density at radius 1 is 1.03 bits per heavy atom. The molecule has 0 unspecified atom stereocenters. The number of anilines is 1. The third-order valence-corrected chi connectivity index (χ3v) is 6.11. The van der Waals surface area contributed by atoms with E-state index in [0.717, 1.165) is 13.1 Å². The first-order valence-electron chi connectivity index (χ1n) is 8.45. The Morgan fingerprint density at radius 2 is 1.56 bits per heavy atom. The number of ether oxygens (including phenoxy) is 1. The number of nitrogens with one attached hydrogen (secondary N) is 1. The van der Waals surface area contributed by atoms with E-state index in [2.05, 4.69) is 0 Å². The van der Waals surface area contributed by atoms with Crippen molar-refractivity contribution in [2.24, 2.45) is 0 Å². The highest BCUT2D eigenvalue weighted by atomic mass is 35.5. The van der Waals surface area contributed by atoms with Crippen LogP contribution in [-0.2, 0) is 27.2 Å². The Hall–Kier alpha value is -2.51. The molecule has 0 aliphatic heterocycles. The summed E-state index contributed by atoms with van der Waals surface area (Å²) in [6.07, 6.45) is -10.2. The molecule has 0 atom stereocenters. The van der Waals surface area contributed by atoms with E-state index in [1.165, 1.54) is 19.2 Å². The average molecular weight is 505 g/mol. The molecule has 2 rings (SSSR count). The van der Waals surface area contributed by atoms with Crippen LogP contribution in [0.1, 0.15) is 11.1 Å². The normalized spacial score (nSPS) is 12.7. The zero-order valence-corrected chi connectivity index (χ0v) is 17.9. The van der Waals surface area contributed by atoms with Gasteiger partial charge in [0.05, 0.1) is 24.8 Å². The molecule has 0 fully saturated rings. The second kappa shape index (κ2) is 9.16. The number of methoxy groups -OCH3 is 1. The lowest BCUT2D eigenvalue weighted by atomic mass is 10.1. The number of hydrogen-bond acceptors (Lipinski definition) is 4. The maximum absolute atomic E-state index is 12.9. The number of sulfonamides is 1. The SMILES string of the molecule is COc1ccc(Cl)cc1S(=O)(=O)N(C)CC(=O)Nc1cc(C(F)(F)F)cc(C(F)(F)F)c1. The lowest BCUT2D eigenvalue weighted by Crippen LogP contribution is -2.35. The zero-order valence-electron chi connectivity index (χ0n) is 16.3. The van der Waals surface area contributed by atoms with Crippen molar-refractivity contribution in [2.45, 2.75) is 17.2 Å². The summed E-state index contributed by atoms with van der Waals surface area (Å²) in [6, 6.07) is 4.20. The fraction of sp³-hybridized carbons (Fsp3) is 0.278. The molecule has 0 spiro atoms. The van der Waals surface area contributed by atoms with E-state index in [4.69, 9.17) is 16.3 Å². The van der Waals surface area contributed by atoms with Crippen LogP contribution in [0.2, 0.25) is 5.02 Å². The number of nitrogens with zero attached hydrogens (tertiary/aromatic N) is 1. The molecule has 176 valence electrons. The van der Waals surface area contributed by atoms with Gasteiger partial charge in [-0.25, -0.2) is 8.42 Å². The minimum atomic E-state index is -5.11. The summed E-state index contributed by atoms with van der Waals surface area (Å²) in [5, 5.41) is 1.91. The molecule has 1 amide bonds. The predicted octanol–water partition coefficient (Wildman–Crippen LogP) is 4.65. The van der Waals surface area contributed by atoms with Crippen LogP contribution in [0.15, 0.2) is 41.3 Å². The van der Waals surface area contributed by atoms with Crippen molar-refractivity contribution >= 4 is 33.2 Å². The Kier molecular flexibility index (Phi) is 7.37. The maximum atomic E-state index is 12.9. The van der Waals surface area contributed by atoms with E-state index in [-0.39, 0.29) is 21.7 Å². The minimum Gasteiger partial charge on any atom is -0.495 e. The van der Waals surface area contributed by atoms with E-state index in [1.54, 1.807) is 0 Å². The van der Waals surface area contributed by atoms with Crippen molar-refractivity contribution in [2.75, 3.05) is 26.0 Å². The largest absolute Gasteiger partial charge is 0.495 e. The highest BCUT2D eigenvalue weighted by Gasteiger charge is 2.37. The molecule has 0 radical (unpaired) electrons. The summed E-state index contributed by atoms with van der Waals surface area (Å²) in [6.45, 7) is -0.921. The molecule has 1 N–H and O–H groups in total. The minimum absolute atomic E-state index is 0.0471. The van der Waals surface area contributed by atoms with Crippen molar-refractivity contribution in [3.8, 4) is 5.75 Å². The number of carbonyl (C=O) groups is 1. The van der Waals surface area contributed by atoms with Crippen LogP contribution in [0.25, 0.3) is 0 Å². The van der Waals surface area contributed by atoms with Crippen LogP contribution in [-0.4, -0.2) is 39.3 Å². The second-order valence-electron chi connectivity index (χ2n) is 6.40. The first-order valence-corrected chi connectivity index (χ1v) is 10.3. The summed E-state index contributed by atoms with van der Waals surface area (Å²) >= 11 is 5.80. The molecule has 32 heavy (non-hydrogen) atoms. The van der Waals surface area contributed by atoms with Crippen LogP contribution >= 0.6 is 11.6 Å². The standard InChI is InChI=1S/C18H15ClF6N2O4S/c1-27(32(29,30)15-8-12(19)3-4-14(15)31-2)9-16(28)26-13-6-10(17(20,21)22)5-11(7-13)18(23,24)25/h3-8H,9H2,1-2H3,(H,26,28). The van der Waals surface area contributed by atoms with Gasteiger partial charge in [0.1, 0.15) is 10.6 Å². The fourth-order valence-corrected chi connectivity index (χ4v) is 4.08. The van der Waals surface area contributed by atoms with Gasteiger partial charge in [-0.05, 0) is 36.4 Å². The van der Waals surface area contributed by atoms with Crippen molar-refractivity contribution in [1.82, 2.24) is 4.31 Å². The fourth-order valence-electron chi connectivity index (χ4n) is 2.53. The molecule has 6 nitrogen and oxygen atoms in total. The van der Waals surface area contributed by atoms with E-state index in [1.807, 2.05) is 5.32 Å². The van der Waals surface area contributed by atoms with Crippen molar-refractivity contribution in [3.63, 3.8) is 0 Å². The molecule has 0 saturated carbocycles. The monoisotopic (exact) mass is 504 g/mol. The molecular formula is C18H15ClF6N2O4S. The highest BCUT2D eigenvalue weighted by molar-refractivity contribution is 7.89.